The number of piperidine rings is 1. The van der Waals surface area contributed by atoms with Gasteiger partial charge in [-0.25, -0.2) is 9.59 Å². The number of hydrogen-bond acceptors (Lipinski definition) is 6. The number of nitrogens with zero attached hydrogens (tertiary/aromatic N) is 3. The van der Waals surface area contributed by atoms with Crippen molar-refractivity contribution in [1.82, 2.24) is 15.1 Å². The number of rotatable bonds is 10. The number of carbonyl (C=O) groups is 4. The highest BCUT2D eigenvalue weighted by atomic mass is 16.5. The number of esters is 1. The summed E-state index contributed by atoms with van der Waals surface area (Å²) in [5.74, 6) is -0.702. The van der Waals surface area contributed by atoms with Crippen LogP contribution in [0.3, 0.4) is 0 Å². The molecule has 1 saturated heterocycles. The number of nitrogens with one attached hydrogen (secondary N) is 1. The second-order valence-electron chi connectivity index (χ2n) is 8.92. The topological polar surface area (TPSA) is 108 Å². The molecule has 4 amide bonds. The van der Waals surface area contributed by atoms with E-state index in [0.29, 0.717) is 25.8 Å². The number of amides is 4. The Kier molecular flexibility index (Phi) is 8.94. The number of methoxy groups -OCH3 is 1. The Balaban J connectivity index is 1.33. The smallest absolute Gasteiger partial charge is 0.350 e. The SMILES string of the molecule is COC(=O)C1=CC2=NC(=O)N(CCCCCC(=O)NCCN3CCC(C)CC3)C(=O)C2C=C1. The summed E-state index contributed by atoms with van der Waals surface area (Å²) < 4.78 is 4.67. The number of imide groups is 1. The van der Waals surface area contributed by atoms with Crippen molar-refractivity contribution in [3.63, 3.8) is 0 Å². The number of allylic oxidation sites excluding steroid dienone is 1. The van der Waals surface area contributed by atoms with Crippen molar-refractivity contribution in [2.45, 2.75) is 45.4 Å². The van der Waals surface area contributed by atoms with E-state index < -0.39 is 17.9 Å². The van der Waals surface area contributed by atoms with Gasteiger partial charge < -0.3 is 15.0 Å². The van der Waals surface area contributed by atoms with Gasteiger partial charge in [0.05, 0.1) is 24.3 Å². The maximum atomic E-state index is 12.7. The molecule has 3 aliphatic rings. The number of ether oxygens (including phenoxy) is 1. The lowest BCUT2D eigenvalue weighted by atomic mass is 9.92. The van der Waals surface area contributed by atoms with Gasteiger partial charge in [-0.15, -0.1) is 0 Å². The molecule has 2 aliphatic heterocycles. The number of fused-ring (bicyclic) bond motifs is 1. The fourth-order valence-electron chi connectivity index (χ4n) is 4.25. The maximum Gasteiger partial charge on any atom is 0.350 e. The summed E-state index contributed by atoms with van der Waals surface area (Å²) in [7, 11) is 1.27. The van der Waals surface area contributed by atoms with E-state index >= 15 is 0 Å². The van der Waals surface area contributed by atoms with Crippen molar-refractivity contribution in [2.75, 3.05) is 39.8 Å². The van der Waals surface area contributed by atoms with Crippen LogP contribution in [-0.4, -0.2) is 79.2 Å². The van der Waals surface area contributed by atoms with Crippen LogP contribution in [0.15, 0.2) is 28.8 Å². The zero-order valence-electron chi connectivity index (χ0n) is 19.5. The highest BCUT2D eigenvalue weighted by molar-refractivity contribution is 6.23. The lowest BCUT2D eigenvalue weighted by molar-refractivity contribution is -0.136. The molecule has 0 saturated carbocycles. The van der Waals surface area contributed by atoms with Gasteiger partial charge in [0.15, 0.2) is 0 Å². The summed E-state index contributed by atoms with van der Waals surface area (Å²) in [4.78, 5) is 56.3. The summed E-state index contributed by atoms with van der Waals surface area (Å²) in [5.41, 5.74) is 0.519. The first-order valence-electron chi connectivity index (χ1n) is 11.8. The molecule has 0 spiro atoms. The second-order valence-corrected chi connectivity index (χ2v) is 8.92. The molecule has 0 aromatic carbocycles. The number of likely N-dealkylation sites (tertiary alicyclic amines) is 1. The molecule has 3 rings (SSSR count). The minimum atomic E-state index is -0.662. The highest BCUT2D eigenvalue weighted by Crippen LogP contribution is 2.23. The standard InChI is InChI=1S/C24H34N4O5/c1-17-9-13-27(14-10-17)15-11-25-21(29)6-4-3-5-12-28-22(30)19-8-7-18(23(31)33-2)16-20(19)26-24(28)32/h7-8,16-17,19H,3-6,9-15H2,1-2H3,(H,25,29). The third-order valence-corrected chi connectivity index (χ3v) is 6.41. The molecule has 0 bridgehead atoms. The van der Waals surface area contributed by atoms with Crippen LogP contribution >= 0.6 is 0 Å². The average Bonchev–Trinajstić information content (AvgIpc) is 2.81. The molecule has 9 heteroatoms. The minimum absolute atomic E-state index is 0.0419. The molecular weight excluding hydrogens is 424 g/mol. The van der Waals surface area contributed by atoms with E-state index in [9.17, 15) is 19.2 Å². The summed E-state index contributed by atoms with van der Waals surface area (Å²) in [6.07, 6.45) is 9.45. The largest absolute Gasteiger partial charge is 0.465 e. The van der Waals surface area contributed by atoms with Crippen LogP contribution in [0.25, 0.3) is 0 Å². The molecule has 9 nitrogen and oxygen atoms in total. The zero-order chi connectivity index (χ0) is 23.8. The molecule has 1 atom stereocenters. The normalized spacial score (nSPS) is 21.4. The van der Waals surface area contributed by atoms with Crippen molar-refractivity contribution in [3.05, 3.63) is 23.8 Å². The fourth-order valence-corrected chi connectivity index (χ4v) is 4.25. The van der Waals surface area contributed by atoms with Crippen LogP contribution in [0, 0.1) is 11.8 Å². The van der Waals surface area contributed by atoms with Crippen LogP contribution in [0.4, 0.5) is 4.79 Å². The predicted molar refractivity (Wildman–Crippen MR) is 124 cm³/mol. The van der Waals surface area contributed by atoms with Crippen molar-refractivity contribution in [1.29, 1.82) is 0 Å². The van der Waals surface area contributed by atoms with Gasteiger partial charge in [0.25, 0.3) is 0 Å². The van der Waals surface area contributed by atoms with Gasteiger partial charge in [-0.1, -0.05) is 25.5 Å². The molecule has 0 aromatic heterocycles. The molecule has 2 heterocycles. The molecular formula is C24H34N4O5. The van der Waals surface area contributed by atoms with Gasteiger partial charge in [0.2, 0.25) is 11.8 Å². The van der Waals surface area contributed by atoms with Crippen LogP contribution in [0.2, 0.25) is 0 Å². The van der Waals surface area contributed by atoms with Gasteiger partial charge in [0, 0.05) is 26.1 Å². The monoisotopic (exact) mass is 458 g/mol. The van der Waals surface area contributed by atoms with Gasteiger partial charge in [-0.2, -0.15) is 4.99 Å². The minimum Gasteiger partial charge on any atom is -0.465 e. The predicted octanol–water partition coefficient (Wildman–Crippen LogP) is 2.08. The molecule has 1 unspecified atom stereocenters. The Bertz CT molecular complexity index is 855. The number of hydrogen-bond donors (Lipinski definition) is 1. The van der Waals surface area contributed by atoms with E-state index in [1.807, 2.05) is 0 Å². The van der Waals surface area contributed by atoms with E-state index in [-0.39, 0.29) is 29.6 Å². The second kappa shape index (κ2) is 11.9. The molecule has 1 aliphatic carbocycles. The van der Waals surface area contributed by atoms with Crippen LogP contribution in [0.5, 0.6) is 0 Å². The fraction of sp³-hybridized carbons (Fsp3) is 0.625. The van der Waals surface area contributed by atoms with Gasteiger partial charge >= 0.3 is 12.0 Å². The lowest BCUT2D eigenvalue weighted by Crippen LogP contribution is -2.46. The van der Waals surface area contributed by atoms with Gasteiger partial charge in [-0.05, 0) is 50.8 Å². The lowest BCUT2D eigenvalue weighted by Gasteiger charge is -2.30. The molecule has 0 aromatic rings. The van der Waals surface area contributed by atoms with E-state index in [1.165, 1.54) is 32.1 Å². The summed E-state index contributed by atoms with van der Waals surface area (Å²) in [6, 6.07) is -0.619. The molecule has 1 fully saturated rings. The molecule has 33 heavy (non-hydrogen) atoms. The first-order chi connectivity index (χ1) is 15.9. The summed E-state index contributed by atoms with van der Waals surface area (Å²) >= 11 is 0. The molecule has 0 radical (unpaired) electrons. The van der Waals surface area contributed by atoms with Crippen LogP contribution in [-0.2, 0) is 19.1 Å². The highest BCUT2D eigenvalue weighted by Gasteiger charge is 2.36. The summed E-state index contributed by atoms with van der Waals surface area (Å²) in [5, 5.41) is 2.98. The maximum absolute atomic E-state index is 12.7. The number of carbonyl (C=O) groups excluding carboxylic acids is 4. The Morgan fingerprint density at radius 1 is 1.15 bits per heavy atom. The average molecular weight is 459 g/mol. The number of aliphatic imine (C=N–C) groups is 1. The first-order valence-corrected chi connectivity index (χ1v) is 11.8. The Morgan fingerprint density at radius 2 is 1.91 bits per heavy atom. The Morgan fingerprint density at radius 3 is 2.64 bits per heavy atom. The Hall–Kier alpha value is -2.81. The van der Waals surface area contributed by atoms with Gasteiger partial charge in [0.1, 0.15) is 0 Å². The van der Waals surface area contributed by atoms with Crippen molar-refractivity contribution < 1.29 is 23.9 Å². The number of unbranched alkanes of at least 4 members (excludes halogenated alkanes) is 2. The first kappa shape index (κ1) is 24.8. The van der Waals surface area contributed by atoms with E-state index in [1.54, 1.807) is 6.08 Å². The van der Waals surface area contributed by atoms with Crippen LogP contribution < -0.4 is 5.32 Å². The van der Waals surface area contributed by atoms with E-state index in [2.05, 4.69) is 26.9 Å². The molecule has 180 valence electrons. The Labute approximate surface area is 194 Å². The zero-order valence-corrected chi connectivity index (χ0v) is 19.5. The third kappa shape index (κ3) is 6.83. The summed E-state index contributed by atoms with van der Waals surface area (Å²) in [6.45, 7) is 6.33. The van der Waals surface area contributed by atoms with E-state index in [0.717, 1.165) is 36.9 Å². The van der Waals surface area contributed by atoms with Crippen molar-refractivity contribution >= 4 is 29.5 Å². The molecule has 1 N–H and O–H groups in total. The number of urea groups is 1. The van der Waals surface area contributed by atoms with Crippen molar-refractivity contribution in [2.24, 2.45) is 16.8 Å². The quantitative estimate of drug-likeness (QED) is 0.397. The van der Waals surface area contributed by atoms with Crippen LogP contribution in [0.1, 0.15) is 45.4 Å². The van der Waals surface area contributed by atoms with Crippen molar-refractivity contribution in [3.8, 4) is 0 Å². The van der Waals surface area contributed by atoms with E-state index in [4.69, 9.17) is 0 Å². The van der Waals surface area contributed by atoms with Gasteiger partial charge in [-0.3, -0.25) is 14.5 Å². The third-order valence-electron chi connectivity index (χ3n) is 6.41.